The maximum Gasteiger partial charge on any atom is 0.161 e. The largest absolute Gasteiger partial charge is 0.493 e. The highest BCUT2D eigenvalue weighted by Crippen LogP contribution is 2.29. The summed E-state index contributed by atoms with van der Waals surface area (Å²) < 4.78 is 11.6. The smallest absolute Gasteiger partial charge is 0.161 e. The summed E-state index contributed by atoms with van der Waals surface area (Å²) in [5.74, 6) is 3.24. The number of benzene rings is 1. The van der Waals surface area contributed by atoms with Crippen molar-refractivity contribution >= 4 is 5.82 Å². The maximum atomic E-state index is 11.0. The first-order valence-corrected chi connectivity index (χ1v) is 12.4. The number of methoxy groups -OCH3 is 1. The van der Waals surface area contributed by atoms with Gasteiger partial charge in [-0.3, -0.25) is 4.90 Å². The summed E-state index contributed by atoms with van der Waals surface area (Å²) in [6.07, 6.45) is 4.83. The van der Waals surface area contributed by atoms with E-state index < -0.39 is 5.60 Å². The van der Waals surface area contributed by atoms with E-state index in [1.54, 1.807) is 13.4 Å². The molecule has 1 aromatic heterocycles. The van der Waals surface area contributed by atoms with E-state index in [2.05, 4.69) is 38.1 Å². The molecule has 0 spiro atoms. The van der Waals surface area contributed by atoms with Gasteiger partial charge in [0.1, 0.15) is 18.8 Å². The van der Waals surface area contributed by atoms with Crippen LogP contribution in [0.15, 0.2) is 30.6 Å². The van der Waals surface area contributed by atoms with E-state index in [1.807, 2.05) is 25.1 Å². The van der Waals surface area contributed by atoms with Gasteiger partial charge in [0.2, 0.25) is 0 Å². The fourth-order valence-corrected chi connectivity index (χ4v) is 4.76. The Labute approximate surface area is 203 Å². The van der Waals surface area contributed by atoms with Crippen molar-refractivity contribution in [3.63, 3.8) is 0 Å². The highest BCUT2D eigenvalue weighted by Gasteiger charge is 2.36. The molecule has 0 amide bonds. The lowest BCUT2D eigenvalue weighted by Gasteiger charge is -2.30. The van der Waals surface area contributed by atoms with Crippen molar-refractivity contribution in [1.29, 1.82) is 0 Å². The second-order valence-electron chi connectivity index (χ2n) is 9.87. The van der Waals surface area contributed by atoms with Crippen molar-refractivity contribution in [2.75, 3.05) is 57.9 Å². The average Bonchev–Trinajstić information content (AvgIpc) is 3.23. The highest BCUT2D eigenvalue weighted by atomic mass is 16.5. The number of anilines is 1. The van der Waals surface area contributed by atoms with Gasteiger partial charge in [-0.15, -0.1) is 0 Å². The molecule has 2 saturated heterocycles. The zero-order chi connectivity index (χ0) is 24.0. The molecular formula is C26H39N5O3. The predicted molar refractivity (Wildman–Crippen MR) is 134 cm³/mol. The van der Waals surface area contributed by atoms with Gasteiger partial charge < -0.3 is 24.8 Å². The molecule has 4 rings (SSSR count). The molecule has 2 aromatic rings. The summed E-state index contributed by atoms with van der Waals surface area (Å²) in [5, 5.41) is 14.5. The topological polar surface area (TPSA) is 83.0 Å². The molecule has 8 nitrogen and oxygen atoms in total. The number of nitrogens with one attached hydrogen (secondary N) is 1. The summed E-state index contributed by atoms with van der Waals surface area (Å²) in [4.78, 5) is 13.1. The van der Waals surface area contributed by atoms with Crippen LogP contribution in [0.1, 0.15) is 37.4 Å². The van der Waals surface area contributed by atoms with Gasteiger partial charge in [-0.1, -0.05) is 13.0 Å². The van der Waals surface area contributed by atoms with Gasteiger partial charge in [0.15, 0.2) is 11.5 Å². The van der Waals surface area contributed by atoms with Crippen LogP contribution >= 0.6 is 0 Å². The number of aliphatic hydroxyl groups is 1. The van der Waals surface area contributed by atoms with Crippen molar-refractivity contribution in [2.24, 2.45) is 5.92 Å². The van der Waals surface area contributed by atoms with Crippen LogP contribution in [0.25, 0.3) is 0 Å². The number of piperidine rings is 1. The first kappa shape index (κ1) is 24.7. The quantitative estimate of drug-likeness (QED) is 0.550. The fraction of sp³-hybridized carbons (Fsp3) is 0.615. The molecule has 1 aromatic carbocycles. The summed E-state index contributed by atoms with van der Waals surface area (Å²) in [5.41, 5.74) is 1.25. The Morgan fingerprint density at radius 3 is 2.74 bits per heavy atom. The molecule has 34 heavy (non-hydrogen) atoms. The van der Waals surface area contributed by atoms with Gasteiger partial charge in [0.25, 0.3) is 0 Å². The normalized spacial score (nSPS) is 21.7. The minimum absolute atomic E-state index is 0.516. The Balaban J connectivity index is 1.23. The third-order valence-corrected chi connectivity index (χ3v) is 7.00. The Hall–Kier alpha value is -2.42. The fourth-order valence-electron chi connectivity index (χ4n) is 4.76. The molecule has 0 aliphatic carbocycles. The first-order valence-electron chi connectivity index (χ1n) is 12.4. The van der Waals surface area contributed by atoms with Crippen LogP contribution in [0.2, 0.25) is 0 Å². The van der Waals surface area contributed by atoms with E-state index >= 15 is 0 Å². The van der Waals surface area contributed by atoms with Crippen LogP contribution < -0.4 is 19.7 Å². The Kier molecular flexibility index (Phi) is 8.24. The molecule has 0 unspecified atom stereocenters. The van der Waals surface area contributed by atoms with Gasteiger partial charge in [0, 0.05) is 44.5 Å². The van der Waals surface area contributed by atoms with Gasteiger partial charge in [-0.2, -0.15) is 0 Å². The van der Waals surface area contributed by atoms with Crippen LogP contribution in [0.5, 0.6) is 11.5 Å². The lowest BCUT2D eigenvalue weighted by molar-refractivity contribution is 0.0626. The van der Waals surface area contributed by atoms with Crippen molar-refractivity contribution in [3.8, 4) is 11.5 Å². The monoisotopic (exact) mass is 469 g/mol. The second-order valence-corrected chi connectivity index (χ2v) is 9.87. The average molecular weight is 470 g/mol. The molecule has 3 heterocycles. The van der Waals surface area contributed by atoms with Gasteiger partial charge in [0.05, 0.1) is 12.7 Å². The highest BCUT2D eigenvalue weighted by molar-refractivity contribution is 5.43. The zero-order valence-electron chi connectivity index (χ0n) is 20.8. The minimum atomic E-state index is -0.780. The number of nitrogens with zero attached hydrogens (tertiary/aromatic N) is 4. The standard InChI is InChI=1S/C26H39N5O3/c1-20-6-9-30(10-7-20)12-13-34-23-5-4-22(15-24(23)33-3)16-27-17-26(32)8-11-31(18-26)25-14-21(2)28-19-29-25/h4-5,14-15,19-20,27,32H,6-13,16-18H2,1-3H3/t26-/m0/s1. The van der Waals surface area contributed by atoms with Crippen molar-refractivity contribution < 1.29 is 14.6 Å². The molecule has 186 valence electrons. The van der Waals surface area contributed by atoms with E-state index in [9.17, 15) is 5.11 Å². The molecule has 2 aliphatic rings. The Morgan fingerprint density at radius 2 is 1.97 bits per heavy atom. The molecule has 2 fully saturated rings. The lowest BCUT2D eigenvalue weighted by Crippen LogP contribution is -2.43. The first-order chi connectivity index (χ1) is 16.4. The summed E-state index contributed by atoms with van der Waals surface area (Å²) in [6.45, 7) is 10.7. The number of aromatic nitrogens is 2. The van der Waals surface area contributed by atoms with E-state index in [-0.39, 0.29) is 0 Å². The number of rotatable bonds is 10. The lowest BCUT2D eigenvalue weighted by atomic mass is 9.99. The molecule has 8 heteroatoms. The van der Waals surface area contributed by atoms with Gasteiger partial charge in [-0.25, -0.2) is 9.97 Å². The Bertz CT molecular complexity index is 934. The van der Waals surface area contributed by atoms with E-state index in [1.165, 1.54) is 12.8 Å². The van der Waals surface area contributed by atoms with Gasteiger partial charge >= 0.3 is 0 Å². The number of aryl methyl sites for hydroxylation is 1. The molecule has 0 bridgehead atoms. The number of likely N-dealkylation sites (tertiary alicyclic amines) is 1. The van der Waals surface area contributed by atoms with Crippen molar-refractivity contribution in [1.82, 2.24) is 20.2 Å². The molecule has 1 atom stereocenters. The molecule has 2 N–H and O–H groups in total. The van der Waals surface area contributed by atoms with E-state index in [0.717, 1.165) is 60.7 Å². The summed E-state index contributed by atoms with van der Waals surface area (Å²) in [6, 6.07) is 8.02. The van der Waals surface area contributed by atoms with Crippen LogP contribution in [0, 0.1) is 12.8 Å². The molecule has 2 aliphatic heterocycles. The zero-order valence-corrected chi connectivity index (χ0v) is 20.8. The summed E-state index contributed by atoms with van der Waals surface area (Å²) >= 11 is 0. The third-order valence-electron chi connectivity index (χ3n) is 7.00. The van der Waals surface area contributed by atoms with Crippen LogP contribution in [0.4, 0.5) is 5.82 Å². The van der Waals surface area contributed by atoms with Gasteiger partial charge in [-0.05, 0) is 62.9 Å². The predicted octanol–water partition coefficient (Wildman–Crippen LogP) is 2.64. The SMILES string of the molecule is COc1cc(CNC[C@@]2(O)CCN(c3cc(C)ncn3)C2)ccc1OCCN1CCC(C)CC1. The minimum Gasteiger partial charge on any atom is -0.493 e. The second kappa shape index (κ2) is 11.3. The maximum absolute atomic E-state index is 11.0. The number of hydrogen-bond acceptors (Lipinski definition) is 8. The number of ether oxygens (including phenoxy) is 2. The van der Waals surface area contributed by atoms with E-state index in [0.29, 0.717) is 32.7 Å². The molecular weight excluding hydrogens is 430 g/mol. The molecule has 0 saturated carbocycles. The molecule has 0 radical (unpaired) electrons. The van der Waals surface area contributed by atoms with E-state index in [4.69, 9.17) is 9.47 Å². The van der Waals surface area contributed by atoms with Crippen LogP contribution in [0.3, 0.4) is 0 Å². The van der Waals surface area contributed by atoms with Crippen molar-refractivity contribution in [2.45, 2.75) is 45.3 Å². The number of hydrogen-bond donors (Lipinski definition) is 2. The van der Waals surface area contributed by atoms with Crippen LogP contribution in [-0.2, 0) is 6.54 Å². The summed E-state index contributed by atoms with van der Waals surface area (Å²) in [7, 11) is 1.68. The number of β-amino-alcohol motifs (C(OH)–C–C–N with tert-alkyl or cyclic N) is 1. The third kappa shape index (κ3) is 6.58. The van der Waals surface area contributed by atoms with Crippen LogP contribution in [-0.4, -0.2) is 78.6 Å². The van der Waals surface area contributed by atoms with Crippen molar-refractivity contribution in [3.05, 3.63) is 41.9 Å². The Morgan fingerprint density at radius 1 is 1.15 bits per heavy atom.